The van der Waals surface area contributed by atoms with Gasteiger partial charge in [0.1, 0.15) is 12.4 Å². The number of hydrogen-bond acceptors (Lipinski definition) is 4. The molecule has 0 spiro atoms. The molecule has 0 saturated carbocycles. The second kappa shape index (κ2) is 8.98. The van der Waals surface area contributed by atoms with Crippen LogP contribution in [0.1, 0.15) is 18.9 Å². The molecular formula is C23H21ClN2O3S. The summed E-state index contributed by atoms with van der Waals surface area (Å²) in [5, 5.41) is 1.51. The summed E-state index contributed by atoms with van der Waals surface area (Å²) in [5.41, 5.74) is 1.97. The molecule has 0 atom stereocenters. The Balaban J connectivity index is 1.56. The van der Waals surface area contributed by atoms with Crippen molar-refractivity contribution in [3.63, 3.8) is 0 Å². The summed E-state index contributed by atoms with van der Waals surface area (Å²) < 4.78 is 7.93. The highest BCUT2D eigenvalue weighted by atomic mass is 35.5. The van der Waals surface area contributed by atoms with Crippen LogP contribution in [0.2, 0.25) is 5.02 Å². The van der Waals surface area contributed by atoms with Crippen LogP contribution in [0.4, 0.5) is 4.79 Å². The monoisotopic (exact) mass is 440 g/mol. The zero-order chi connectivity index (χ0) is 21.1. The number of amides is 2. The molecule has 2 amide bonds. The van der Waals surface area contributed by atoms with Crippen LogP contribution in [-0.4, -0.2) is 33.8 Å². The van der Waals surface area contributed by atoms with E-state index in [9.17, 15) is 9.59 Å². The predicted molar refractivity (Wildman–Crippen MR) is 122 cm³/mol. The average Bonchev–Trinajstić information content (AvgIpc) is 3.22. The van der Waals surface area contributed by atoms with Crippen LogP contribution in [-0.2, 0) is 11.3 Å². The van der Waals surface area contributed by atoms with Crippen LogP contribution < -0.4 is 4.74 Å². The van der Waals surface area contributed by atoms with Gasteiger partial charge in [-0.2, -0.15) is 0 Å². The fraction of sp³-hybridized carbons (Fsp3) is 0.217. The average molecular weight is 441 g/mol. The molecule has 154 valence electrons. The molecule has 1 aromatic heterocycles. The van der Waals surface area contributed by atoms with Gasteiger partial charge < -0.3 is 9.30 Å². The van der Waals surface area contributed by atoms with E-state index in [4.69, 9.17) is 16.3 Å². The van der Waals surface area contributed by atoms with Crippen LogP contribution >= 0.6 is 23.4 Å². The van der Waals surface area contributed by atoms with Crippen LogP contribution in [0.5, 0.6) is 5.75 Å². The number of rotatable bonds is 7. The minimum absolute atomic E-state index is 0.201. The molecular weight excluding hydrogens is 420 g/mol. The maximum Gasteiger partial charge on any atom is 0.293 e. The molecule has 4 rings (SSSR count). The second-order valence-corrected chi connectivity index (χ2v) is 8.36. The zero-order valence-corrected chi connectivity index (χ0v) is 18.1. The second-order valence-electron chi connectivity index (χ2n) is 6.93. The Kier molecular flexibility index (Phi) is 6.16. The van der Waals surface area contributed by atoms with Crippen molar-refractivity contribution in [2.75, 3.05) is 13.2 Å². The van der Waals surface area contributed by atoms with E-state index < -0.39 is 0 Å². The number of para-hydroxylation sites is 1. The van der Waals surface area contributed by atoms with Gasteiger partial charge in [-0.05, 0) is 54.6 Å². The summed E-state index contributed by atoms with van der Waals surface area (Å²) in [6, 6.07) is 15.3. The van der Waals surface area contributed by atoms with Gasteiger partial charge in [-0.1, -0.05) is 36.7 Å². The van der Waals surface area contributed by atoms with Crippen molar-refractivity contribution in [3.8, 4) is 5.75 Å². The predicted octanol–water partition coefficient (Wildman–Crippen LogP) is 5.82. The number of halogens is 1. The summed E-state index contributed by atoms with van der Waals surface area (Å²) in [6.07, 6.45) is 4.57. The van der Waals surface area contributed by atoms with E-state index in [1.54, 1.807) is 12.1 Å². The molecule has 3 aromatic rings. The number of fused-ring (bicyclic) bond motifs is 1. The highest BCUT2D eigenvalue weighted by Crippen LogP contribution is 2.34. The largest absolute Gasteiger partial charge is 0.492 e. The van der Waals surface area contributed by atoms with Gasteiger partial charge in [0.25, 0.3) is 11.1 Å². The van der Waals surface area contributed by atoms with Crippen molar-refractivity contribution < 1.29 is 14.3 Å². The van der Waals surface area contributed by atoms with Crippen molar-refractivity contribution in [3.05, 3.63) is 70.2 Å². The maximum atomic E-state index is 12.6. The first-order valence-electron chi connectivity index (χ1n) is 9.78. The van der Waals surface area contributed by atoms with E-state index in [0.29, 0.717) is 29.6 Å². The van der Waals surface area contributed by atoms with Gasteiger partial charge in [0, 0.05) is 34.2 Å². The Labute approximate surface area is 184 Å². The van der Waals surface area contributed by atoms with Gasteiger partial charge in [-0.25, -0.2) is 0 Å². The normalized spacial score (nSPS) is 15.5. The number of carbonyl (C=O) groups is 2. The minimum Gasteiger partial charge on any atom is -0.492 e. The van der Waals surface area contributed by atoms with Gasteiger partial charge >= 0.3 is 0 Å². The molecule has 0 radical (unpaired) electrons. The van der Waals surface area contributed by atoms with E-state index >= 15 is 0 Å². The van der Waals surface area contributed by atoms with Crippen molar-refractivity contribution in [2.45, 2.75) is 19.9 Å². The van der Waals surface area contributed by atoms with Gasteiger partial charge in [-0.3, -0.25) is 14.5 Å². The first kappa shape index (κ1) is 20.6. The fourth-order valence-electron chi connectivity index (χ4n) is 3.43. The number of nitrogens with zero attached hydrogens (tertiary/aromatic N) is 2. The number of imide groups is 1. The molecule has 0 aliphatic carbocycles. The SMILES string of the molecule is CCCN1C(=O)S/C(=C\c2cn(CCOc3ccc(Cl)cc3)c3ccccc23)C1=O. The summed E-state index contributed by atoms with van der Waals surface area (Å²) in [6.45, 7) is 3.54. The van der Waals surface area contributed by atoms with Crippen LogP contribution in [0, 0.1) is 0 Å². The Morgan fingerprint density at radius 3 is 2.60 bits per heavy atom. The lowest BCUT2D eigenvalue weighted by Crippen LogP contribution is -2.28. The molecule has 7 heteroatoms. The topological polar surface area (TPSA) is 51.5 Å². The third-order valence-electron chi connectivity index (χ3n) is 4.84. The lowest BCUT2D eigenvalue weighted by Gasteiger charge is -2.09. The number of benzene rings is 2. The quantitative estimate of drug-likeness (QED) is 0.434. The number of ether oxygens (including phenoxy) is 1. The zero-order valence-electron chi connectivity index (χ0n) is 16.5. The van der Waals surface area contributed by atoms with E-state index in [1.165, 1.54) is 4.90 Å². The molecule has 5 nitrogen and oxygen atoms in total. The molecule has 30 heavy (non-hydrogen) atoms. The van der Waals surface area contributed by atoms with Gasteiger partial charge in [0.2, 0.25) is 0 Å². The number of carbonyl (C=O) groups excluding carboxylic acids is 2. The summed E-state index contributed by atoms with van der Waals surface area (Å²) in [4.78, 5) is 26.5. The van der Waals surface area contributed by atoms with Crippen molar-refractivity contribution in [1.29, 1.82) is 0 Å². The Bertz CT molecular complexity index is 1120. The summed E-state index contributed by atoms with van der Waals surface area (Å²) in [7, 11) is 0. The number of aromatic nitrogens is 1. The molecule has 2 heterocycles. The Morgan fingerprint density at radius 1 is 1.07 bits per heavy atom. The van der Waals surface area contributed by atoms with Crippen molar-refractivity contribution in [2.24, 2.45) is 0 Å². The van der Waals surface area contributed by atoms with Gasteiger partial charge in [0.15, 0.2) is 0 Å². The lowest BCUT2D eigenvalue weighted by atomic mass is 10.1. The molecule has 2 aromatic carbocycles. The molecule has 1 aliphatic heterocycles. The molecule has 1 saturated heterocycles. The van der Waals surface area contributed by atoms with E-state index in [0.717, 1.165) is 40.4 Å². The van der Waals surface area contributed by atoms with Gasteiger partial charge in [0.05, 0.1) is 11.4 Å². The minimum atomic E-state index is -0.213. The van der Waals surface area contributed by atoms with E-state index in [2.05, 4.69) is 4.57 Å². The van der Waals surface area contributed by atoms with Gasteiger partial charge in [-0.15, -0.1) is 0 Å². The first-order chi connectivity index (χ1) is 14.6. The van der Waals surface area contributed by atoms with E-state index in [1.807, 2.05) is 55.6 Å². The van der Waals surface area contributed by atoms with Crippen molar-refractivity contribution >= 4 is 51.5 Å². The Morgan fingerprint density at radius 2 is 1.83 bits per heavy atom. The van der Waals surface area contributed by atoms with Crippen LogP contribution in [0.15, 0.2) is 59.6 Å². The smallest absolute Gasteiger partial charge is 0.293 e. The standard InChI is InChI=1S/C23H21ClN2O3S/c1-2-11-26-22(27)21(30-23(26)28)14-16-15-25(20-6-4-3-5-19(16)20)12-13-29-18-9-7-17(24)8-10-18/h3-10,14-15H,2,11-13H2,1H3/b21-14-. The maximum absolute atomic E-state index is 12.6. The number of hydrogen-bond donors (Lipinski definition) is 0. The van der Waals surface area contributed by atoms with E-state index in [-0.39, 0.29) is 11.1 Å². The highest BCUT2D eigenvalue weighted by Gasteiger charge is 2.34. The van der Waals surface area contributed by atoms with Crippen molar-refractivity contribution in [1.82, 2.24) is 9.47 Å². The first-order valence-corrected chi connectivity index (χ1v) is 11.0. The molecule has 1 fully saturated rings. The lowest BCUT2D eigenvalue weighted by molar-refractivity contribution is -0.122. The molecule has 0 unspecified atom stereocenters. The molecule has 1 aliphatic rings. The highest BCUT2D eigenvalue weighted by molar-refractivity contribution is 8.18. The summed E-state index contributed by atoms with van der Waals surface area (Å²) in [5.74, 6) is 0.551. The molecule has 0 bridgehead atoms. The fourth-order valence-corrected chi connectivity index (χ4v) is 4.41. The number of thioether (sulfide) groups is 1. The third-order valence-corrected chi connectivity index (χ3v) is 6.00. The summed E-state index contributed by atoms with van der Waals surface area (Å²) >= 11 is 6.91. The Hall–Kier alpha value is -2.70. The molecule has 0 N–H and O–H groups in total. The third kappa shape index (κ3) is 4.25. The van der Waals surface area contributed by atoms with Crippen LogP contribution in [0.25, 0.3) is 17.0 Å². The van der Waals surface area contributed by atoms with Crippen LogP contribution in [0.3, 0.4) is 0 Å².